The van der Waals surface area contributed by atoms with Crippen molar-refractivity contribution >= 4 is 17.4 Å². The van der Waals surface area contributed by atoms with Gasteiger partial charge in [0.1, 0.15) is 12.7 Å². The summed E-state index contributed by atoms with van der Waals surface area (Å²) >= 11 is 0. The SMILES string of the molecule is Cc1cc(N2CCN(C(=O)Nc3ccc(-n4cncn4)cc3)CC2)cc(C)n1. The predicted molar refractivity (Wildman–Crippen MR) is 108 cm³/mol. The van der Waals surface area contributed by atoms with Gasteiger partial charge in [-0.05, 0) is 50.2 Å². The fourth-order valence-corrected chi connectivity index (χ4v) is 3.40. The zero-order chi connectivity index (χ0) is 19.5. The van der Waals surface area contributed by atoms with E-state index in [9.17, 15) is 4.79 Å². The van der Waals surface area contributed by atoms with Gasteiger partial charge in [-0.15, -0.1) is 0 Å². The lowest BCUT2D eigenvalue weighted by Crippen LogP contribution is -2.50. The minimum atomic E-state index is -0.0738. The molecule has 2 aromatic heterocycles. The third-order valence-electron chi connectivity index (χ3n) is 4.80. The van der Waals surface area contributed by atoms with E-state index < -0.39 is 0 Å². The van der Waals surface area contributed by atoms with E-state index >= 15 is 0 Å². The first-order chi connectivity index (χ1) is 13.6. The van der Waals surface area contributed by atoms with Crippen molar-refractivity contribution in [3.8, 4) is 5.69 Å². The molecule has 144 valence electrons. The monoisotopic (exact) mass is 377 g/mol. The number of piperazine rings is 1. The number of nitrogens with one attached hydrogen (secondary N) is 1. The van der Waals surface area contributed by atoms with E-state index in [-0.39, 0.29) is 6.03 Å². The van der Waals surface area contributed by atoms with Crippen LogP contribution in [0.3, 0.4) is 0 Å². The number of aromatic nitrogens is 4. The normalized spacial score (nSPS) is 14.2. The van der Waals surface area contributed by atoms with E-state index in [1.807, 2.05) is 43.0 Å². The Kier molecular flexibility index (Phi) is 4.92. The van der Waals surface area contributed by atoms with Gasteiger partial charge in [-0.25, -0.2) is 14.5 Å². The molecule has 8 nitrogen and oxygen atoms in total. The molecule has 1 saturated heterocycles. The van der Waals surface area contributed by atoms with Crippen LogP contribution in [0, 0.1) is 13.8 Å². The van der Waals surface area contributed by atoms with Crippen molar-refractivity contribution in [3.05, 3.63) is 60.4 Å². The topological polar surface area (TPSA) is 79.2 Å². The maximum Gasteiger partial charge on any atom is 0.321 e. The Bertz CT molecular complexity index is 925. The molecule has 1 aliphatic rings. The molecule has 0 aliphatic carbocycles. The molecule has 0 saturated carbocycles. The molecule has 1 fully saturated rings. The minimum Gasteiger partial charge on any atom is -0.368 e. The van der Waals surface area contributed by atoms with Gasteiger partial charge in [-0.3, -0.25) is 4.98 Å². The highest BCUT2D eigenvalue weighted by Gasteiger charge is 2.21. The zero-order valence-corrected chi connectivity index (χ0v) is 16.0. The van der Waals surface area contributed by atoms with Crippen LogP contribution in [-0.4, -0.2) is 56.9 Å². The predicted octanol–water partition coefficient (Wildman–Crippen LogP) is 2.63. The van der Waals surface area contributed by atoms with Gasteiger partial charge in [-0.2, -0.15) is 5.10 Å². The first-order valence-electron chi connectivity index (χ1n) is 9.30. The second-order valence-electron chi connectivity index (χ2n) is 6.90. The van der Waals surface area contributed by atoms with Crippen LogP contribution in [0.2, 0.25) is 0 Å². The molecule has 4 rings (SSSR count). The molecule has 3 heterocycles. The molecule has 1 aromatic carbocycles. The van der Waals surface area contributed by atoms with Gasteiger partial charge in [0.2, 0.25) is 0 Å². The van der Waals surface area contributed by atoms with E-state index in [1.165, 1.54) is 12.0 Å². The van der Waals surface area contributed by atoms with Gasteiger partial charge < -0.3 is 15.1 Å². The molecule has 1 aliphatic heterocycles. The van der Waals surface area contributed by atoms with Crippen LogP contribution in [0.15, 0.2) is 49.1 Å². The van der Waals surface area contributed by atoms with Crippen LogP contribution in [0.5, 0.6) is 0 Å². The summed E-state index contributed by atoms with van der Waals surface area (Å²) in [4.78, 5) is 25.1. The standard InChI is InChI=1S/C20H23N7O/c1-15-11-19(12-16(2)23-15)25-7-9-26(10-8-25)20(28)24-17-3-5-18(6-4-17)27-14-21-13-22-27/h3-6,11-14H,7-10H2,1-2H3,(H,24,28). The maximum absolute atomic E-state index is 12.6. The summed E-state index contributed by atoms with van der Waals surface area (Å²) in [6, 6.07) is 11.7. The van der Waals surface area contributed by atoms with E-state index in [0.29, 0.717) is 13.1 Å². The van der Waals surface area contributed by atoms with Crippen molar-refractivity contribution < 1.29 is 4.79 Å². The Hall–Kier alpha value is -3.42. The summed E-state index contributed by atoms with van der Waals surface area (Å²) in [6.07, 6.45) is 3.13. The average Bonchev–Trinajstić information content (AvgIpc) is 3.23. The number of rotatable bonds is 3. The number of carbonyl (C=O) groups is 1. The van der Waals surface area contributed by atoms with Gasteiger partial charge in [-0.1, -0.05) is 0 Å². The van der Waals surface area contributed by atoms with E-state index in [2.05, 4.69) is 37.4 Å². The Morgan fingerprint density at radius 3 is 2.25 bits per heavy atom. The van der Waals surface area contributed by atoms with Crippen molar-refractivity contribution in [2.24, 2.45) is 0 Å². The number of anilines is 2. The number of pyridine rings is 1. The maximum atomic E-state index is 12.6. The van der Waals surface area contributed by atoms with Crippen LogP contribution < -0.4 is 10.2 Å². The lowest BCUT2D eigenvalue weighted by molar-refractivity contribution is 0.208. The fraction of sp³-hybridized carbons (Fsp3) is 0.300. The molecule has 28 heavy (non-hydrogen) atoms. The van der Waals surface area contributed by atoms with Gasteiger partial charge in [0.15, 0.2) is 0 Å². The molecule has 0 bridgehead atoms. The molecule has 0 spiro atoms. The number of aryl methyl sites for hydroxylation is 2. The minimum absolute atomic E-state index is 0.0738. The number of nitrogens with zero attached hydrogens (tertiary/aromatic N) is 6. The number of urea groups is 1. The third-order valence-corrected chi connectivity index (χ3v) is 4.80. The van der Waals surface area contributed by atoms with Crippen LogP contribution in [0.4, 0.5) is 16.2 Å². The molecule has 2 amide bonds. The van der Waals surface area contributed by atoms with Gasteiger partial charge >= 0.3 is 6.03 Å². The van der Waals surface area contributed by atoms with Gasteiger partial charge in [0.25, 0.3) is 0 Å². The quantitative estimate of drug-likeness (QED) is 0.759. The third kappa shape index (κ3) is 3.95. The Balaban J connectivity index is 1.34. The summed E-state index contributed by atoms with van der Waals surface area (Å²) in [7, 11) is 0. The number of hydrogen-bond acceptors (Lipinski definition) is 5. The molecule has 0 radical (unpaired) electrons. The molecule has 8 heteroatoms. The van der Waals surface area contributed by atoms with Crippen LogP contribution in [0.1, 0.15) is 11.4 Å². The molecule has 0 atom stereocenters. The number of benzene rings is 1. The smallest absolute Gasteiger partial charge is 0.321 e. The van der Waals surface area contributed by atoms with Gasteiger partial charge in [0.05, 0.1) is 5.69 Å². The van der Waals surface area contributed by atoms with Crippen molar-refractivity contribution in [3.63, 3.8) is 0 Å². The van der Waals surface area contributed by atoms with E-state index in [0.717, 1.165) is 35.9 Å². The lowest BCUT2D eigenvalue weighted by atomic mass is 10.2. The number of carbonyl (C=O) groups excluding carboxylic acids is 1. The second-order valence-corrected chi connectivity index (χ2v) is 6.90. The molecular formula is C20H23N7O. The van der Waals surface area contributed by atoms with Crippen molar-refractivity contribution in [1.82, 2.24) is 24.6 Å². The number of amides is 2. The summed E-state index contributed by atoms with van der Waals surface area (Å²) in [5.41, 5.74) is 4.87. The van der Waals surface area contributed by atoms with Crippen molar-refractivity contribution in [1.29, 1.82) is 0 Å². The van der Waals surface area contributed by atoms with Crippen LogP contribution >= 0.6 is 0 Å². The van der Waals surface area contributed by atoms with Crippen LogP contribution in [-0.2, 0) is 0 Å². The first-order valence-corrected chi connectivity index (χ1v) is 9.30. The summed E-state index contributed by atoms with van der Waals surface area (Å²) in [6.45, 7) is 7.00. The Morgan fingerprint density at radius 2 is 1.64 bits per heavy atom. The number of hydrogen-bond donors (Lipinski definition) is 1. The average molecular weight is 377 g/mol. The van der Waals surface area contributed by atoms with Crippen LogP contribution in [0.25, 0.3) is 5.69 Å². The molecular weight excluding hydrogens is 354 g/mol. The van der Waals surface area contributed by atoms with Crippen molar-refractivity contribution in [2.75, 3.05) is 36.4 Å². The second kappa shape index (κ2) is 7.67. The van der Waals surface area contributed by atoms with Gasteiger partial charge in [0, 0.05) is 48.9 Å². The summed E-state index contributed by atoms with van der Waals surface area (Å²) in [5.74, 6) is 0. The fourth-order valence-electron chi connectivity index (χ4n) is 3.40. The first kappa shape index (κ1) is 18.0. The highest BCUT2D eigenvalue weighted by Crippen LogP contribution is 2.19. The summed E-state index contributed by atoms with van der Waals surface area (Å²) < 4.78 is 1.67. The molecule has 0 unspecified atom stereocenters. The van der Waals surface area contributed by atoms with E-state index in [4.69, 9.17) is 0 Å². The Morgan fingerprint density at radius 1 is 0.964 bits per heavy atom. The molecule has 1 N–H and O–H groups in total. The molecule has 3 aromatic rings. The lowest BCUT2D eigenvalue weighted by Gasteiger charge is -2.36. The van der Waals surface area contributed by atoms with E-state index in [1.54, 1.807) is 11.0 Å². The van der Waals surface area contributed by atoms with Crippen molar-refractivity contribution in [2.45, 2.75) is 13.8 Å². The largest absolute Gasteiger partial charge is 0.368 e. The Labute approximate surface area is 163 Å². The highest BCUT2D eigenvalue weighted by atomic mass is 16.2. The summed E-state index contributed by atoms with van der Waals surface area (Å²) in [5, 5.41) is 7.06. The zero-order valence-electron chi connectivity index (χ0n) is 16.0. The highest BCUT2D eigenvalue weighted by molar-refractivity contribution is 5.89.